The van der Waals surface area contributed by atoms with E-state index in [1.165, 1.54) is 51.4 Å². The van der Waals surface area contributed by atoms with E-state index in [9.17, 15) is 19.8 Å². The minimum Gasteiger partial charge on any atom is -0.393 e. The molecular formula is C38H60O4. The van der Waals surface area contributed by atoms with Crippen molar-refractivity contribution in [1.82, 2.24) is 0 Å². The summed E-state index contributed by atoms with van der Waals surface area (Å²) in [5, 5.41) is 20.1. The molecule has 0 saturated heterocycles. The highest BCUT2D eigenvalue weighted by Gasteiger charge is 2.61. The average Bonchev–Trinajstić information content (AvgIpc) is 3.44. The van der Waals surface area contributed by atoms with Crippen molar-refractivity contribution in [2.75, 3.05) is 0 Å². The molecular weight excluding hydrogens is 520 g/mol. The van der Waals surface area contributed by atoms with Crippen LogP contribution in [0.15, 0.2) is 0 Å². The van der Waals surface area contributed by atoms with Crippen molar-refractivity contribution in [1.29, 1.82) is 0 Å². The first-order chi connectivity index (χ1) is 19.9. The van der Waals surface area contributed by atoms with Crippen LogP contribution in [0.4, 0.5) is 0 Å². The molecule has 8 fully saturated rings. The molecule has 0 bridgehead atoms. The van der Waals surface area contributed by atoms with E-state index in [1.54, 1.807) is 0 Å². The van der Waals surface area contributed by atoms with Gasteiger partial charge >= 0.3 is 0 Å². The van der Waals surface area contributed by atoms with Gasteiger partial charge in [0.25, 0.3) is 0 Å². The van der Waals surface area contributed by atoms with Crippen LogP contribution in [0, 0.1) is 69.0 Å². The number of carbonyl (C=O) groups is 2. The van der Waals surface area contributed by atoms with Crippen LogP contribution in [-0.2, 0) is 9.59 Å². The number of Topliss-reactive ketones (excluding diaryl/α,β-unsaturated/α-hetero) is 2. The molecule has 8 saturated carbocycles. The first-order valence-corrected chi connectivity index (χ1v) is 18.3. The quantitative estimate of drug-likeness (QED) is 0.305. The van der Waals surface area contributed by atoms with Gasteiger partial charge in [-0.25, -0.2) is 0 Å². The van der Waals surface area contributed by atoms with E-state index in [1.807, 2.05) is 0 Å². The fourth-order valence-corrected chi connectivity index (χ4v) is 14.0. The third-order valence-corrected chi connectivity index (χ3v) is 16.7. The monoisotopic (exact) mass is 580 g/mol. The highest BCUT2D eigenvalue weighted by Crippen LogP contribution is 2.67. The number of fused-ring (bicyclic) bond motifs is 10. The average molecular weight is 581 g/mol. The molecule has 0 amide bonds. The Morgan fingerprint density at radius 2 is 0.905 bits per heavy atom. The number of aliphatic hydroxyl groups excluding tert-OH is 2. The molecule has 0 aromatic heterocycles. The van der Waals surface area contributed by atoms with Crippen LogP contribution < -0.4 is 0 Å². The Hall–Kier alpha value is -0.740. The fraction of sp³-hybridized carbons (Fsp3) is 0.947. The molecule has 14 atom stereocenters. The normalized spacial score (nSPS) is 56.5. The van der Waals surface area contributed by atoms with E-state index < -0.39 is 0 Å². The van der Waals surface area contributed by atoms with Crippen LogP contribution in [0.2, 0.25) is 0 Å². The predicted molar refractivity (Wildman–Crippen MR) is 165 cm³/mol. The van der Waals surface area contributed by atoms with Crippen molar-refractivity contribution in [3.63, 3.8) is 0 Å². The van der Waals surface area contributed by atoms with Crippen molar-refractivity contribution in [3.05, 3.63) is 0 Å². The molecule has 8 aliphatic rings. The maximum absolute atomic E-state index is 12.4. The van der Waals surface area contributed by atoms with Crippen molar-refractivity contribution < 1.29 is 19.8 Å². The third-order valence-electron chi connectivity index (χ3n) is 16.7. The summed E-state index contributed by atoms with van der Waals surface area (Å²) in [6, 6.07) is 0. The molecule has 0 aromatic carbocycles. The molecule has 8 aliphatic carbocycles. The molecule has 2 N–H and O–H groups in total. The lowest BCUT2D eigenvalue weighted by Gasteiger charge is -2.60. The molecule has 4 heteroatoms. The van der Waals surface area contributed by atoms with Crippen LogP contribution >= 0.6 is 0 Å². The van der Waals surface area contributed by atoms with Crippen molar-refractivity contribution in [3.8, 4) is 0 Å². The highest BCUT2D eigenvalue weighted by atomic mass is 16.3. The Balaban J connectivity index is 0.000000137. The number of aliphatic hydroxyl groups is 2. The van der Waals surface area contributed by atoms with Crippen LogP contribution in [0.25, 0.3) is 0 Å². The van der Waals surface area contributed by atoms with Gasteiger partial charge in [-0.3, -0.25) is 9.59 Å². The summed E-state index contributed by atoms with van der Waals surface area (Å²) in [5.41, 5.74) is 0.904. The summed E-state index contributed by atoms with van der Waals surface area (Å²) < 4.78 is 0. The van der Waals surface area contributed by atoms with Gasteiger partial charge in [0.15, 0.2) is 0 Å². The van der Waals surface area contributed by atoms with Crippen molar-refractivity contribution in [2.24, 2.45) is 69.0 Å². The molecule has 0 spiro atoms. The first kappa shape index (κ1) is 29.9. The van der Waals surface area contributed by atoms with Gasteiger partial charge in [0.2, 0.25) is 0 Å². The maximum Gasteiger partial charge on any atom is 0.139 e. The molecule has 8 rings (SSSR count). The van der Waals surface area contributed by atoms with Gasteiger partial charge in [-0.15, -0.1) is 0 Å². The lowest BCUT2D eigenvalue weighted by Crippen LogP contribution is -2.54. The van der Waals surface area contributed by atoms with Gasteiger partial charge in [-0.1, -0.05) is 27.7 Å². The molecule has 0 aromatic rings. The molecule has 42 heavy (non-hydrogen) atoms. The van der Waals surface area contributed by atoms with Crippen LogP contribution in [0.5, 0.6) is 0 Å². The smallest absolute Gasteiger partial charge is 0.139 e. The van der Waals surface area contributed by atoms with E-state index in [0.717, 1.165) is 99.7 Å². The molecule has 0 aliphatic heterocycles. The van der Waals surface area contributed by atoms with E-state index >= 15 is 0 Å². The summed E-state index contributed by atoms with van der Waals surface area (Å²) in [5.74, 6) is 7.07. The number of hydrogen-bond acceptors (Lipinski definition) is 4. The van der Waals surface area contributed by atoms with E-state index in [4.69, 9.17) is 0 Å². The van der Waals surface area contributed by atoms with Gasteiger partial charge in [0.1, 0.15) is 11.6 Å². The Labute approximate surface area is 255 Å². The van der Waals surface area contributed by atoms with Gasteiger partial charge in [0.05, 0.1) is 12.2 Å². The van der Waals surface area contributed by atoms with Crippen molar-refractivity contribution in [2.45, 2.75) is 155 Å². The summed E-state index contributed by atoms with van der Waals surface area (Å²) in [4.78, 5) is 24.8. The number of rotatable bonds is 0. The zero-order chi connectivity index (χ0) is 29.7. The lowest BCUT2D eigenvalue weighted by atomic mass is 9.45. The zero-order valence-electron chi connectivity index (χ0n) is 27.2. The van der Waals surface area contributed by atoms with Crippen LogP contribution in [0.1, 0.15) is 143 Å². The molecule has 0 radical (unpaired) electrons. The molecule has 236 valence electrons. The zero-order valence-corrected chi connectivity index (χ0v) is 27.2. The lowest BCUT2D eigenvalue weighted by molar-refractivity contribution is -0.142. The van der Waals surface area contributed by atoms with Crippen molar-refractivity contribution >= 4 is 11.6 Å². The third kappa shape index (κ3) is 4.33. The number of hydrogen-bond donors (Lipinski definition) is 2. The summed E-state index contributed by atoms with van der Waals surface area (Å²) in [6.07, 6.45) is 20.3. The minimum atomic E-state index is -0.0541. The van der Waals surface area contributed by atoms with Crippen LogP contribution in [0.3, 0.4) is 0 Å². The topological polar surface area (TPSA) is 74.6 Å². The Kier molecular flexibility index (Phi) is 7.41. The second kappa shape index (κ2) is 10.4. The Bertz CT molecular complexity index is 1000. The number of carbonyl (C=O) groups excluding carboxylic acids is 2. The SMILES string of the molecule is C[C@]12CC[C@@H](O)CC1CC[C@@H]1[C@@H]2CC[C@]2(C)C(=O)CC[C@@H]12.C[C@]12CC[C@@H](O)C[C@@H]1CC[C@@H]1[C@@H]2CC[C@]2(C)C(=O)CC[C@@H]12. The molecule has 1 unspecified atom stereocenters. The highest BCUT2D eigenvalue weighted by molar-refractivity contribution is 5.87. The molecule has 0 heterocycles. The van der Waals surface area contributed by atoms with E-state index in [2.05, 4.69) is 27.7 Å². The largest absolute Gasteiger partial charge is 0.393 e. The van der Waals surface area contributed by atoms with Gasteiger partial charge in [-0.05, 0) is 161 Å². The van der Waals surface area contributed by atoms with E-state index in [0.29, 0.717) is 34.2 Å². The Morgan fingerprint density at radius 1 is 0.500 bits per heavy atom. The van der Waals surface area contributed by atoms with Crippen LogP contribution in [-0.4, -0.2) is 34.0 Å². The second-order valence-corrected chi connectivity index (χ2v) is 18.0. The summed E-state index contributed by atoms with van der Waals surface area (Å²) in [6.45, 7) is 9.56. The predicted octanol–water partition coefficient (Wildman–Crippen LogP) is 7.92. The summed E-state index contributed by atoms with van der Waals surface area (Å²) >= 11 is 0. The summed E-state index contributed by atoms with van der Waals surface area (Å²) in [7, 11) is 0. The minimum absolute atomic E-state index is 0.0124. The van der Waals surface area contributed by atoms with Gasteiger partial charge in [0, 0.05) is 23.7 Å². The molecule has 4 nitrogen and oxygen atoms in total. The fourth-order valence-electron chi connectivity index (χ4n) is 14.0. The standard InChI is InChI=1S/2C19H30O2/c2*1-18-9-7-13(20)11-12(18)3-4-14-15-5-6-17(21)19(15,2)10-8-16(14)18/h2*12-16,20H,3-11H2,1-2H3/t12?,13-,14+,15+,16+,18+,19+;12-,13+,14-,15-,16-,18-,19-/m10/s1. The number of ketones is 2. The van der Waals surface area contributed by atoms with E-state index in [-0.39, 0.29) is 23.0 Å². The van der Waals surface area contributed by atoms with Gasteiger partial charge < -0.3 is 10.2 Å². The second-order valence-electron chi connectivity index (χ2n) is 18.0. The first-order valence-electron chi connectivity index (χ1n) is 18.3. The van der Waals surface area contributed by atoms with Gasteiger partial charge in [-0.2, -0.15) is 0 Å². The maximum atomic E-state index is 12.4. The Morgan fingerprint density at radius 3 is 1.31 bits per heavy atom.